The van der Waals surface area contributed by atoms with Gasteiger partial charge in [-0.05, 0) is 0 Å². The lowest BCUT2D eigenvalue weighted by Gasteiger charge is -2.20. The number of hydrogen-bond donors (Lipinski definition) is 2. The maximum absolute atomic E-state index is 10.5. The molecule has 1 aliphatic heterocycles. The van der Waals surface area contributed by atoms with E-state index >= 15 is 0 Å². The number of carboxylic acid groups (broad SMARTS) is 1. The first-order valence-corrected chi connectivity index (χ1v) is 4.09. The van der Waals surface area contributed by atoms with E-state index in [0.717, 1.165) is 11.3 Å². The number of aromatic nitrogens is 2. The molecule has 5 heteroatoms. The van der Waals surface area contributed by atoms with Crippen LogP contribution in [0.3, 0.4) is 0 Å². The Morgan fingerprint density at radius 3 is 3.46 bits per heavy atom. The van der Waals surface area contributed by atoms with Gasteiger partial charge in [0.05, 0.1) is 31.5 Å². The van der Waals surface area contributed by atoms with E-state index in [-0.39, 0.29) is 12.3 Å². The molecule has 0 bridgehead atoms. The number of carboxylic acids is 1. The average Bonchev–Trinajstić information content (AvgIpc) is 2.51. The fraction of sp³-hybridized carbons (Fsp3) is 0.500. The lowest BCUT2D eigenvalue weighted by molar-refractivity contribution is -0.138. The van der Waals surface area contributed by atoms with Crippen LogP contribution in [-0.2, 0) is 16.1 Å². The number of aliphatic carboxylic acids is 1. The van der Waals surface area contributed by atoms with E-state index in [2.05, 4.69) is 10.2 Å². The standard InChI is InChI=1S/C8H10N2O3/c11-8(12)1-5-3-13-4-7-6(5)2-9-10-7/h2,5H,1,3-4H2,(H,9,10)(H,11,12). The van der Waals surface area contributed by atoms with Crippen LogP contribution in [0.25, 0.3) is 0 Å². The topological polar surface area (TPSA) is 75.2 Å². The molecule has 0 saturated carbocycles. The van der Waals surface area contributed by atoms with Crippen LogP contribution >= 0.6 is 0 Å². The quantitative estimate of drug-likeness (QED) is 0.698. The third-order valence-corrected chi connectivity index (χ3v) is 2.18. The summed E-state index contributed by atoms with van der Waals surface area (Å²) in [6, 6.07) is 0. The zero-order valence-corrected chi connectivity index (χ0v) is 6.99. The maximum atomic E-state index is 10.5. The molecule has 1 atom stereocenters. The Kier molecular flexibility index (Phi) is 2.02. The predicted molar refractivity (Wildman–Crippen MR) is 43.2 cm³/mol. The van der Waals surface area contributed by atoms with Crippen molar-refractivity contribution in [1.82, 2.24) is 10.2 Å². The SMILES string of the molecule is O=C(O)CC1COCc2[nH]ncc21. The van der Waals surface area contributed by atoms with Gasteiger partial charge in [0.15, 0.2) is 0 Å². The third kappa shape index (κ3) is 1.55. The summed E-state index contributed by atoms with van der Waals surface area (Å²) < 4.78 is 5.23. The molecule has 1 aromatic rings. The molecule has 1 unspecified atom stereocenters. The Hall–Kier alpha value is -1.36. The molecule has 1 aliphatic rings. The second kappa shape index (κ2) is 3.18. The number of nitrogens with zero attached hydrogens (tertiary/aromatic N) is 1. The van der Waals surface area contributed by atoms with Gasteiger partial charge >= 0.3 is 5.97 Å². The molecule has 2 rings (SSSR count). The zero-order valence-electron chi connectivity index (χ0n) is 6.99. The van der Waals surface area contributed by atoms with Crippen LogP contribution in [0.4, 0.5) is 0 Å². The van der Waals surface area contributed by atoms with Crippen LogP contribution in [0.15, 0.2) is 6.20 Å². The van der Waals surface area contributed by atoms with Crippen molar-refractivity contribution in [1.29, 1.82) is 0 Å². The van der Waals surface area contributed by atoms with Crippen molar-refractivity contribution in [2.45, 2.75) is 18.9 Å². The van der Waals surface area contributed by atoms with E-state index in [1.54, 1.807) is 6.20 Å². The zero-order chi connectivity index (χ0) is 9.26. The van der Waals surface area contributed by atoms with Gasteiger partial charge in [-0.25, -0.2) is 0 Å². The Balaban J connectivity index is 2.20. The van der Waals surface area contributed by atoms with Crippen LogP contribution in [0, 0.1) is 0 Å². The van der Waals surface area contributed by atoms with Crippen LogP contribution in [0.2, 0.25) is 0 Å². The first kappa shape index (κ1) is 8.25. The second-order valence-electron chi connectivity index (χ2n) is 3.11. The van der Waals surface area contributed by atoms with Crippen molar-refractivity contribution in [2.24, 2.45) is 0 Å². The Bertz CT molecular complexity index is 321. The van der Waals surface area contributed by atoms with Crippen molar-refractivity contribution < 1.29 is 14.6 Å². The molecule has 0 aromatic carbocycles. The molecule has 1 aromatic heterocycles. The molecule has 0 radical (unpaired) electrons. The molecule has 5 nitrogen and oxygen atoms in total. The van der Waals surface area contributed by atoms with E-state index in [4.69, 9.17) is 9.84 Å². The third-order valence-electron chi connectivity index (χ3n) is 2.18. The minimum absolute atomic E-state index is 0.0556. The smallest absolute Gasteiger partial charge is 0.304 e. The van der Waals surface area contributed by atoms with Gasteiger partial charge in [-0.1, -0.05) is 0 Å². The summed E-state index contributed by atoms with van der Waals surface area (Å²) in [7, 11) is 0. The summed E-state index contributed by atoms with van der Waals surface area (Å²) in [6.07, 6.45) is 1.79. The molecule has 0 saturated heterocycles. The van der Waals surface area contributed by atoms with Gasteiger partial charge in [0.25, 0.3) is 0 Å². The van der Waals surface area contributed by atoms with Crippen LogP contribution in [0.1, 0.15) is 23.6 Å². The van der Waals surface area contributed by atoms with Crippen molar-refractivity contribution in [3.8, 4) is 0 Å². The number of nitrogens with one attached hydrogen (secondary N) is 1. The lowest BCUT2D eigenvalue weighted by Crippen LogP contribution is -2.18. The highest BCUT2D eigenvalue weighted by molar-refractivity contribution is 5.68. The number of fused-ring (bicyclic) bond motifs is 1. The van der Waals surface area contributed by atoms with Gasteiger partial charge in [-0.15, -0.1) is 0 Å². The van der Waals surface area contributed by atoms with Crippen LogP contribution in [-0.4, -0.2) is 27.9 Å². The lowest BCUT2D eigenvalue weighted by atomic mass is 9.95. The fourth-order valence-corrected chi connectivity index (χ4v) is 1.56. The number of rotatable bonds is 2. The average molecular weight is 182 g/mol. The number of aromatic amines is 1. The number of H-pyrrole nitrogens is 1. The molecule has 13 heavy (non-hydrogen) atoms. The summed E-state index contributed by atoms with van der Waals surface area (Å²) >= 11 is 0. The predicted octanol–water partition coefficient (Wildman–Crippen LogP) is 0.498. The molecule has 70 valence electrons. The first-order valence-electron chi connectivity index (χ1n) is 4.09. The normalized spacial score (nSPS) is 21.1. The first-order chi connectivity index (χ1) is 6.27. The molecule has 0 amide bonds. The molecule has 2 heterocycles. The van der Waals surface area contributed by atoms with Gasteiger partial charge in [0, 0.05) is 11.5 Å². The van der Waals surface area contributed by atoms with E-state index in [0.29, 0.717) is 13.2 Å². The minimum Gasteiger partial charge on any atom is -0.481 e. The van der Waals surface area contributed by atoms with E-state index in [1.807, 2.05) is 0 Å². The van der Waals surface area contributed by atoms with Crippen LogP contribution in [0.5, 0.6) is 0 Å². The summed E-state index contributed by atoms with van der Waals surface area (Å²) in [6.45, 7) is 0.976. The Morgan fingerprint density at radius 1 is 1.85 bits per heavy atom. The Labute approximate surface area is 74.7 Å². The van der Waals surface area contributed by atoms with Crippen molar-refractivity contribution in [3.63, 3.8) is 0 Å². The molecular formula is C8H10N2O3. The van der Waals surface area contributed by atoms with Crippen molar-refractivity contribution >= 4 is 5.97 Å². The molecule has 2 N–H and O–H groups in total. The van der Waals surface area contributed by atoms with Gasteiger partial charge in [-0.2, -0.15) is 5.10 Å². The van der Waals surface area contributed by atoms with E-state index in [1.165, 1.54) is 0 Å². The molecule has 0 fully saturated rings. The Morgan fingerprint density at radius 2 is 2.69 bits per heavy atom. The minimum atomic E-state index is -0.803. The largest absolute Gasteiger partial charge is 0.481 e. The summed E-state index contributed by atoms with van der Waals surface area (Å²) in [4.78, 5) is 10.5. The maximum Gasteiger partial charge on any atom is 0.304 e. The number of ether oxygens (including phenoxy) is 1. The van der Waals surface area contributed by atoms with Crippen molar-refractivity contribution in [3.05, 3.63) is 17.5 Å². The number of hydrogen-bond acceptors (Lipinski definition) is 3. The monoisotopic (exact) mass is 182 g/mol. The van der Waals surface area contributed by atoms with Gasteiger partial charge < -0.3 is 9.84 Å². The van der Waals surface area contributed by atoms with Gasteiger partial charge in [0.1, 0.15) is 0 Å². The van der Waals surface area contributed by atoms with Crippen molar-refractivity contribution in [2.75, 3.05) is 6.61 Å². The van der Waals surface area contributed by atoms with Crippen LogP contribution < -0.4 is 0 Å². The summed E-state index contributed by atoms with van der Waals surface area (Å²) in [5.74, 6) is -0.859. The van der Waals surface area contributed by atoms with Gasteiger partial charge in [-0.3, -0.25) is 9.89 Å². The fourth-order valence-electron chi connectivity index (χ4n) is 1.56. The highest BCUT2D eigenvalue weighted by Gasteiger charge is 2.24. The second-order valence-corrected chi connectivity index (χ2v) is 3.11. The molecule has 0 aliphatic carbocycles. The van der Waals surface area contributed by atoms with Gasteiger partial charge in [0.2, 0.25) is 0 Å². The van der Waals surface area contributed by atoms with E-state index < -0.39 is 5.97 Å². The summed E-state index contributed by atoms with van der Waals surface area (Å²) in [5, 5.41) is 15.3. The highest BCUT2D eigenvalue weighted by Crippen LogP contribution is 2.27. The summed E-state index contributed by atoms with van der Waals surface area (Å²) in [5.41, 5.74) is 1.88. The number of carbonyl (C=O) groups is 1. The van der Waals surface area contributed by atoms with E-state index in [9.17, 15) is 4.79 Å². The molecular weight excluding hydrogens is 172 g/mol. The highest BCUT2D eigenvalue weighted by atomic mass is 16.5. The molecule has 0 spiro atoms.